The number of aliphatic carboxylic acids is 1. The molecule has 1 aromatic heterocycles. The molecule has 0 saturated heterocycles. The van der Waals surface area contributed by atoms with Crippen LogP contribution in [0.1, 0.15) is 22.2 Å². The minimum Gasteiger partial charge on any atom is -0.478 e. The third kappa shape index (κ3) is 2.52. The summed E-state index contributed by atoms with van der Waals surface area (Å²) in [5, 5.41) is 10.3. The van der Waals surface area contributed by atoms with Crippen LogP contribution in [0.2, 0.25) is 0 Å². The number of carboxylic acids is 1. The van der Waals surface area contributed by atoms with Crippen molar-refractivity contribution in [1.29, 1.82) is 0 Å². The van der Waals surface area contributed by atoms with Crippen molar-refractivity contribution < 1.29 is 14.7 Å². The minimum absolute atomic E-state index is 0.263. The van der Waals surface area contributed by atoms with Gasteiger partial charge in [-0.2, -0.15) is 0 Å². The Morgan fingerprint density at radius 1 is 1.62 bits per heavy atom. The summed E-state index contributed by atoms with van der Waals surface area (Å²) >= 11 is 1.35. The molecule has 0 radical (unpaired) electrons. The third-order valence-electron chi connectivity index (χ3n) is 1.47. The van der Waals surface area contributed by atoms with Crippen molar-refractivity contribution in [1.82, 2.24) is 0 Å². The van der Waals surface area contributed by atoms with E-state index in [1.807, 2.05) is 0 Å². The molecule has 1 heterocycles. The van der Waals surface area contributed by atoms with Gasteiger partial charge in [0.1, 0.15) is 0 Å². The van der Waals surface area contributed by atoms with Crippen molar-refractivity contribution in [2.75, 3.05) is 0 Å². The van der Waals surface area contributed by atoms with Gasteiger partial charge in [0.2, 0.25) is 0 Å². The number of aldehydes is 1. The summed E-state index contributed by atoms with van der Waals surface area (Å²) in [5.74, 6) is -0.943. The van der Waals surface area contributed by atoms with Crippen LogP contribution < -0.4 is 0 Å². The molecule has 0 saturated carbocycles. The van der Waals surface area contributed by atoms with Crippen LogP contribution in [-0.2, 0) is 4.79 Å². The maximum Gasteiger partial charge on any atom is 0.331 e. The molecule has 0 unspecified atom stereocenters. The van der Waals surface area contributed by atoms with Crippen molar-refractivity contribution in [3.63, 3.8) is 0 Å². The van der Waals surface area contributed by atoms with E-state index < -0.39 is 5.97 Å². The maximum absolute atomic E-state index is 10.4. The molecule has 0 atom stereocenters. The summed E-state index contributed by atoms with van der Waals surface area (Å²) in [6.07, 6.45) is 2.28. The number of carboxylic acid groups (broad SMARTS) is 1. The lowest BCUT2D eigenvalue weighted by atomic mass is 10.2. The van der Waals surface area contributed by atoms with Gasteiger partial charge in [-0.25, -0.2) is 4.79 Å². The molecule has 68 valence electrons. The highest BCUT2D eigenvalue weighted by molar-refractivity contribution is 7.11. The Hall–Kier alpha value is -1.42. The molecule has 0 aliphatic rings. The molecular weight excluding hydrogens is 188 g/mol. The molecule has 0 aromatic carbocycles. The first-order valence-corrected chi connectivity index (χ1v) is 4.46. The summed E-state index contributed by atoms with van der Waals surface area (Å²) < 4.78 is 0. The van der Waals surface area contributed by atoms with E-state index >= 15 is 0 Å². The van der Waals surface area contributed by atoms with Gasteiger partial charge in [-0.15, -0.1) is 11.3 Å². The van der Waals surface area contributed by atoms with Crippen LogP contribution >= 0.6 is 11.3 Å². The number of hydrogen-bond donors (Lipinski definition) is 1. The number of rotatable bonds is 3. The maximum atomic E-state index is 10.4. The molecule has 1 rings (SSSR count). The second kappa shape index (κ2) is 4.00. The monoisotopic (exact) mass is 196 g/mol. The van der Waals surface area contributed by atoms with Crippen molar-refractivity contribution in [2.24, 2.45) is 0 Å². The summed E-state index contributed by atoms with van der Waals surface area (Å²) in [6, 6.07) is 1.66. The van der Waals surface area contributed by atoms with Gasteiger partial charge in [0.15, 0.2) is 6.29 Å². The molecule has 1 N–H and O–H groups in total. The van der Waals surface area contributed by atoms with E-state index in [9.17, 15) is 9.59 Å². The van der Waals surface area contributed by atoms with E-state index in [0.29, 0.717) is 5.56 Å². The smallest absolute Gasteiger partial charge is 0.331 e. The zero-order valence-corrected chi connectivity index (χ0v) is 7.80. The molecule has 0 aliphatic carbocycles. The Balaban J connectivity index is 2.90. The number of carbonyl (C=O) groups excluding carboxylic acids is 1. The Morgan fingerprint density at radius 3 is 2.77 bits per heavy atom. The van der Waals surface area contributed by atoms with Gasteiger partial charge in [0, 0.05) is 21.4 Å². The third-order valence-corrected chi connectivity index (χ3v) is 2.37. The molecule has 4 heteroatoms. The first-order chi connectivity index (χ1) is 6.13. The second-order valence-corrected chi connectivity index (χ2v) is 3.48. The molecular formula is C9H8O3S. The summed E-state index contributed by atoms with van der Waals surface area (Å²) in [5.41, 5.74) is 0.841. The van der Waals surface area contributed by atoms with Gasteiger partial charge in [0.25, 0.3) is 0 Å². The van der Waals surface area contributed by atoms with Gasteiger partial charge < -0.3 is 5.11 Å². The van der Waals surface area contributed by atoms with Crippen LogP contribution in [0.3, 0.4) is 0 Å². The SMILES string of the molecule is C/C(=C\c1cc(C=O)cs1)C(=O)O. The highest BCUT2D eigenvalue weighted by Gasteiger charge is 2.01. The normalized spacial score (nSPS) is 11.3. The zero-order valence-electron chi connectivity index (χ0n) is 6.98. The molecule has 0 bridgehead atoms. The fourth-order valence-electron chi connectivity index (χ4n) is 0.781. The molecule has 0 fully saturated rings. The topological polar surface area (TPSA) is 54.4 Å². The van der Waals surface area contributed by atoms with Crippen molar-refractivity contribution in [2.45, 2.75) is 6.92 Å². The molecule has 1 aromatic rings. The van der Waals surface area contributed by atoms with Crippen LogP contribution in [0.5, 0.6) is 0 Å². The van der Waals surface area contributed by atoms with Gasteiger partial charge in [0.05, 0.1) is 0 Å². The first-order valence-electron chi connectivity index (χ1n) is 3.59. The van der Waals surface area contributed by atoms with Gasteiger partial charge >= 0.3 is 5.97 Å². The number of hydrogen-bond acceptors (Lipinski definition) is 3. The highest BCUT2D eigenvalue weighted by Crippen LogP contribution is 2.16. The van der Waals surface area contributed by atoms with E-state index in [-0.39, 0.29) is 5.57 Å². The van der Waals surface area contributed by atoms with Crippen LogP contribution in [0.15, 0.2) is 17.0 Å². The summed E-state index contributed by atoms with van der Waals surface area (Å²) in [7, 11) is 0. The van der Waals surface area contributed by atoms with E-state index in [2.05, 4.69) is 0 Å². The van der Waals surface area contributed by atoms with Crippen LogP contribution in [0.25, 0.3) is 6.08 Å². The molecule has 0 aliphatic heterocycles. The average molecular weight is 196 g/mol. The lowest BCUT2D eigenvalue weighted by Crippen LogP contribution is -1.94. The van der Waals surface area contributed by atoms with Crippen molar-refractivity contribution in [3.8, 4) is 0 Å². The van der Waals surface area contributed by atoms with E-state index in [4.69, 9.17) is 5.11 Å². The summed E-state index contributed by atoms with van der Waals surface area (Å²) in [6.45, 7) is 1.52. The van der Waals surface area contributed by atoms with E-state index in [0.717, 1.165) is 11.2 Å². The standard InChI is InChI=1S/C9H8O3S/c1-6(9(11)12)2-8-3-7(4-10)5-13-8/h2-5H,1H3,(H,11,12)/b6-2+. The molecule has 0 amide bonds. The number of thiophene rings is 1. The Kier molecular flexibility index (Phi) is 2.97. The van der Waals surface area contributed by atoms with Crippen molar-refractivity contribution in [3.05, 3.63) is 27.5 Å². The average Bonchev–Trinajstić information content (AvgIpc) is 2.52. The van der Waals surface area contributed by atoms with Gasteiger partial charge in [-0.3, -0.25) is 4.79 Å². The predicted molar refractivity (Wildman–Crippen MR) is 51.0 cm³/mol. The molecule has 3 nitrogen and oxygen atoms in total. The second-order valence-electron chi connectivity index (χ2n) is 2.53. The highest BCUT2D eigenvalue weighted by atomic mass is 32.1. The van der Waals surface area contributed by atoms with E-state index in [1.54, 1.807) is 17.5 Å². The lowest BCUT2D eigenvalue weighted by Gasteiger charge is -1.89. The Bertz CT molecular complexity index is 363. The van der Waals surface area contributed by atoms with Crippen LogP contribution in [-0.4, -0.2) is 17.4 Å². The Labute approximate surface area is 79.3 Å². The lowest BCUT2D eigenvalue weighted by molar-refractivity contribution is -0.132. The summed E-state index contributed by atoms with van der Waals surface area (Å²) in [4.78, 5) is 21.5. The fourth-order valence-corrected chi connectivity index (χ4v) is 1.63. The molecule has 0 spiro atoms. The van der Waals surface area contributed by atoms with Crippen LogP contribution in [0, 0.1) is 0 Å². The zero-order chi connectivity index (χ0) is 9.84. The fraction of sp³-hybridized carbons (Fsp3) is 0.111. The van der Waals surface area contributed by atoms with Crippen molar-refractivity contribution >= 4 is 29.7 Å². The Morgan fingerprint density at radius 2 is 2.31 bits per heavy atom. The largest absolute Gasteiger partial charge is 0.478 e. The minimum atomic E-state index is -0.943. The van der Waals surface area contributed by atoms with Gasteiger partial charge in [-0.1, -0.05) is 0 Å². The van der Waals surface area contributed by atoms with Gasteiger partial charge in [-0.05, 0) is 19.1 Å². The van der Waals surface area contributed by atoms with E-state index in [1.165, 1.54) is 18.3 Å². The molecule has 13 heavy (non-hydrogen) atoms. The number of carbonyl (C=O) groups is 2. The predicted octanol–water partition coefficient (Wildman–Crippen LogP) is 2.05. The first kappa shape index (κ1) is 9.67. The quantitative estimate of drug-likeness (QED) is 0.594. The van der Waals surface area contributed by atoms with Crippen LogP contribution in [0.4, 0.5) is 0 Å².